The molecule has 2 aromatic rings. The minimum atomic E-state index is 0.0587. The molecule has 0 radical (unpaired) electrons. The quantitative estimate of drug-likeness (QED) is 0.703. The summed E-state index contributed by atoms with van der Waals surface area (Å²) in [5.74, 6) is 0.525. The van der Waals surface area contributed by atoms with E-state index in [-0.39, 0.29) is 18.0 Å². The number of ether oxygens (including phenoxy) is 1. The fourth-order valence-corrected chi connectivity index (χ4v) is 4.62. The lowest BCUT2D eigenvalue weighted by atomic mass is 9.98. The van der Waals surface area contributed by atoms with Crippen LogP contribution in [-0.2, 0) is 9.53 Å². The molecule has 1 heterocycles. The minimum absolute atomic E-state index is 0.0587. The molecule has 0 spiro atoms. The van der Waals surface area contributed by atoms with Crippen molar-refractivity contribution in [3.8, 4) is 0 Å². The number of thioether (sulfide) groups is 1. The van der Waals surface area contributed by atoms with Crippen LogP contribution in [0, 0.1) is 13.8 Å². The molecule has 2 aromatic carbocycles. The van der Waals surface area contributed by atoms with Crippen LogP contribution in [0.25, 0.3) is 0 Å². The largest absolute Gasteiger partial charge is 0.370 e. The molecular formula is C23H31N2O2S+. The zero-order valence-electron chi connectivity index (χ0n) is 17.0. The Balaban J connectivity index is 1.62. The predicted octanol–water partition coefficient (Wildman–Crippen LogP) is 2.56. The summed E-state index contributed by atoms with van der Waals surface area (Å²) in [6, 6.07) is 17.2. The van der Waals surface area contributed by atoms with Crippen molar-refractivity contribution >= 4 is 17.7 Å². The fraction of sp³-hybridized carbons (Fsp3) is 0.435. The molecule has 0 bridgehead atoms. The monoisotopic (exact) mass is 399 g/mol. The Bertz CT molecular complexity index is 775. The number of amides is 1. The van der Waals surface area contributed by atoms with Gasteiger partial charge in [-0.25, -0.2) is 0 Å². The summed E-state index contributed by atoms with van der Waals surface area (Å²) in [4.78, 5) is 15.3. The number of morpholine rings is 1. The summed E-state index contributed by atoms with van der Waals surface area (Å²) >= 11 is 1.60. The van der Waals surface area contributed by atoms with Gasteiger partial charge >= 0.3 is 0 Å². The van der Waals surface area contributed by atoms with Crippen molar-refractivity contribution in [2.24, 2.45) is 0 Å². The van der Waals surface area contributed by atoms with Crippen LogP contribution in [-0.4, -0.2) is 44.0 Å². The van der Waals surface area contributed by atoms with Gasteiger partial charge in [-0.1, -0.05) is 36.4 Å². The first-order valence-electron chi connectivity index (χ1n) is 10.0. The van der Waals surface area contributed by atoms with Crippen molar-refractivity contribution < 1.29 is 14.4 Å². The normalized spacial score (nSPS) is 17.1. The second kappa shape index (κ2) is 10.1. The molecule has 1 aliphatic heterocycles. The zero-order chi connectivity index (χ0) is 19.9. The van der Waals surface area contributed by atoms with E-state index in [0.717, 1.165) is 31.2 Å². The highest BCUT2D eigenvalue weighted by Crippen LogP contribution is 2.21. The first-order chi connectivity index (χ1) is 13.5. The number of nitrogens with one attached hydrogen (secondary N) is 2. The summed E-state index contributed by atoms with van der Waals surface area (Å²) in [7, 11) is 0. The van der Waals surface area contributed by atoms with E-state index >= 15 is 0 Å². The Hall–Kier alpha value is -1.82. The maximum atomic E-state index is 12.6. The molecule has 1 fully saturated rings. The Morgan fingerprint density at radius 1 is 1.11 bits per heavy atom. The van der Waals surface area contributed by atoms with Crippen LogP contribution >= 0.6 is 11.8 Å². The minimum Gasteiger partial charge on any atom is -0.370 e. The SMILES string of the molecule is Cc1ccc(SCC(=O)N[C@H](C)[C@H](c2ccccc2)[NH+]2CCOCC2)cc1C. The number of aryl methyl sites for hydroxylation is 2. The third-order valence-corrected chi connectivity index (χ3v) is 6.46. The van der Waals surface area contributed by atoms with Crippen LogP contribution in [0.3, 0.4) is 0 Å². The molecule has 4 nitrogen and oxygen atoms in total. The number of carbonyl (C=O) groups is 1. The number of benzene rings is 2. The zero-order valence-corrected chi connectivity index (χ0v) is 17.9. The molecule has 2 N–H and O–H groups in total. The van der Waals surface area contributed by atoms with Gasteiger partial charge in [0.05, 0.1) is 25.0 Å². The van der Waals surface area contributed by atoms with Gasteiger partial charge in [0.25, 0.3) is 0 Å². The predicted molar refractivity (Wildman–Crippen MR) is 115 cm³/mol. The van der Waals surface area contributed by atoms with Gasteiger partial charge in [0.15, 0.2) is 0 Å². The number of hydrogen-bond donors (Lipinski definition) is 2. The van der Waals surface area contributed by atoms with E-state index in [1.807, 2.05) is 6.07 Å². The third-order valence-electron chi connectivity index (χ3n) is 5.47. The molecule has 3 rings (SSSR count). The van der Waals surface area contributed by atoms with Gasteiger partial charge in [-0.2, -0.15) is 0 Å². The van der Waals surface area contributed by atoms with Crippen LogP contribution in [0.2, 0.25) is 0 Å². The first-order valence-corrected chi connectivity index (χ1v) is 11.0. The van der Waals surface area contributed by atoms with Crippen molar-refractivity contribution in [2.75, 3.05) is 32.1 Å². The maximum Gasteiger partial charge on any atom is 0.230 e. The van der Waals surface area contributed by atoms with Gasteiger partial charge in [-0.3, -0.25) is 4.79 Å². The second-order valence-corrected chi connectivity index (χ2v) is 8.60. The summed E-state index contributed by atoms with van der Waals surface area (Å²) < 4.78 is 5.54. The number of rotatable bonds is 7. The number of quaternary nitrogens is 1. The van der Waals surface area contributed by atoms with E-state index in [1.165, 1.54) is 21.6 Å². The molecule has 150 valence electrons. The third kappa shape index (κ3) is 5.60. The van der Waals surface area contributed by atoms with Gasteiger partial charge in [0.1, 0.15) is 19.1 Å². The lowest BCUT2D eigenvalue weighted by Gasteiger charge is -2.35. The van der Waals surface area contributed by atoms with Crippen molar-refractivity contribution in [2.45, 2.75) is 37.8 Å². The molecule has 28 heavy (non-hydrogen) atoms. The van der Waals surface area contributed by atoms with Crippen LogP contribution in [0.15, 0.2) is 53.4 Å². The van der Waals surface area contributed by atoms with Crippen LogP contribution < -0.4 is 10.2 Å². The molecule has 0 saturated carbocycles. The highest BCUT2D eigenvalue weighted by atomic mass is 32.2. The standard InChI is InChI=1S/C23H30N2O2S/c1-17-9-10-21(15-18(17)2)28-16-22(26)24-19(3)23(20-7-5-4-6-8-20)25-11-13-27-14-12-25/h4-10,15,19,23H,11-14,16H2,1-3H3,(H,24,26)/p+1/t19-,23-/m1/s1. The molecule has 1 saturated heterocycles. The molecule has 1 amide bonds. The van der Waals surface area contributed by atoms with Crippen molar-refractivity contribution in [1.82, 2.24) is 5.32 Å². The topological polar surface area (TPSA) is 42.8 Å². The second-order valence-electron chi connectivity index (χ2n) is 7.55. The summed E-state index contributed by atoms with van der Waals surface area (Å²) in [5, 5.41) is 3.25. The highest BCUT2D eigenvalue weighted by molar-refractivity contribution is 8.00. The van der Waals surface area contributed by atoms with Gasteiger partial charge < -0.3 is 15.0 Å². The Kier molecular flexibility index (Phi) is 7.54. The highest BCUT2D eigenvalue weighted by Gasteiger charge is 2.32. The maximum absolute atomic E-state index is 12.6. The lowest BCUT2D eigenvalue weighted by Crippen LogP contribution is -3.15. The average molecular weight is 400 g/mol. The smallest absolute Gasteiger partial charge is 0.230 e. The molecule has 0 aromatic heterocycles. The Labute approximate surface area is 172 Å². The Morgan fingerprint density at radius 3 is 2.50 bits per heavy atom. The van der Waals surface area contributed by atoms with Crippen LogP contribution in [0.5, 0.6) is 0 Å². The first kappa shape index (κ1) is 20.9. The lowest BCUT2D eigenvalue weighted by molar-refractivity contribution is -0.940. The van der Waals surface area contributed by atoms with E-state index in [4.69, 9.17) is 4.74 Å². The Morgan fingerprint density at radius 2 is 1.82 bits per heavy atom. The molecule has 1 aliphatic rings. The number of carbonyl (C=O) groups excluding carboxylic acids is 1. The summed E-state index contributed by atoms with van der Waals surface area (Å²) in [6.07, 6.45) is 0. The molecule has 0 unspecified atom stereocenters. The molecule has 5 heteroatoms. The van der Waals surface area contributed by atoms with Gasteiger partial charge in [-0.15, -0.1) is 11.8 Å². The van der Waals surface area contributed by atoms with Crippen LogP contribution in [0.4, 0.5) is 0 Å². The van der Waals surface area contributed by atoms with Crippen molar-refractivity contribution in [1.29, 1.82) is 0 Å². The number of hydrogen-bond acceptors (Lipinski definition) is 3. The van der Waals surface area contributed by atoms with Gasteiger partial charge in [-0.05, 0) is 44.0 Å². The average Bonchev–Trinajstić information content (AvgIpc) is 2.71. The molecular weight excluding hydrogens is 368 g/mol. The van der Waals surface area contributed by atoms with Gasteiger partial charge in [0.2, 0.25) is 5.91 Å². The van der Waals surface area contributed by atoms with Crippen molar-refractivity contribution in [3.63, 3.8) is 0 Å². The van der Waals surface area contributed by atoms with E-state index in [9.17, 15) is 4.79 Å². The fourth-order valence-electron chi connectivity index (χ4n) is 3.81. The molecule has 0 aliphatic carbocycles. The van der Waals surface area contributed by atoms with E-state index in [0.29, 0.717) is 5.75 Å². The van der Waals surface area contributed by atoms with Crippen molar-refractivity contribution in [3.05, 3.63) is 65.2 Å². The molecule has 2 atom stereocenters. The van der Waals surface area contributed by atoms with Crippen LogP contribution in [0.1, 0.15) is 29.7 Å². The van der Waals surface area contributed by atoms with Gasteiger partial charge in [0, 0.05) is 10.5 Å². The summed E-state index contributed by atoms with van der Waals surface area (Å²) in [6.45, 7) is 9.84. The van der Waals surface area contributed by atoms with E-state index in [2.05, 4.69) is 68.6 Å². The van der Waals surface area contributed by atoms with E-state index in [1.54, 1.807) is 11.8 Å². The van der Waals surface area contributed by atoms with E-state index < -0.39 is 0 Å². The summed E-state index contributed by atoms with van der Waals surface area (Å²) in [5.41, 5.74) is 3.81.